The van der Waals surface area contributed by atoms with Crippen LogP contribution in [-0.2, 0) is 11.4 Å². The van der Waals surface area contributed by atoms with Crippen LogP contribution in [0.1, 0.15) is 23.9 Å². The zero-order chi connectivity index (χ0) is 18.7. The lowest BCUT2D eigenvalue weighted by molar-refractivity contribution is 0.130. The van der Waals surface area contributed by atoms with Crippen molar-refractivity contribution >= 4 is 5.71 Å². The molecule has 0 aliphatic heterocycles. The van der Waals surface area contributed by atoms with Crippen LogP contribution in [0.15, 0.2) is 46.1 Å². The standard InChI is InChI=1S/C18H16FN3O4/c1-10(14-7-15(19)17(24)16(23)8-14)21-25-9-12-4-3-5-13(6-12)18-20-11(2)26-22-18/h3-8,23-24H,9H2,1-2H3. The summed E-state index contributed by atoms with van der Waals surface area (Å²) in [5.74, 6) is -1.32. The number of hydrogen-bond acceptors (Lipinski definition) is 7. The van der Waals surface area contributed by atoms with E-state index in [0.717, 1.165) is 17.2 Å². The van der Waals surface area contributed by atoms with Gasteiger partial charge in [-0.3, -0.25) is 0 Å². The van der Waals surface area contributed by atoms with E-state index in [1.165, 1.54) is 6.07 Å². The molecular weight excluding hydrogens is 341 g/mol. The summed E-state index contributed by atoms with van der Waals surface area (Å²) in [6, 6.07) is 9.67. The molecule has 1 aromatic heterocycles. The molecule has 0 amide bonds. The number of oxime groups is 1. The van der Waals surface area contributed by atoms with Gasteiger partial charge in [-0.25, -0.2) is 4.39 Å². The number of phenolic OH excluding ortho intramolecular Hbond substituents is 2. The number of phenols is 2. The van der Waals surface area contributed by atoms with Gasteiger partial charge in [0.05, 0.1) is 5.71 Å². The van der Waals surface area contributed by atoms with Crippen molar-refractivity contribution in [2.75, 3.05) is 0 Å². The van der Waals surface area contributed by atoms with E-state index in [2.05, 4.69) is 15.3 Å². The van der Waals surface area contributed by atoms with Crippen LogP contribution < -0.4 is 0 Å². The molecule has 7 nitrogen and oxygen atoms in total. The van der Waals surface area contributed by atoms with Gasteiger partial charge in [-0.2, -0.15) is 4.98 Å². The number of nitrogens with zero attached hydrogens (tertiary/aromatic N) is 3. The minimum atomic E-state index is -0.933. The Morgan fingerprint density at radius 3 is 2.77 bits per heavy atom. The molecule has 0 saturated heterocycles. The summed E-state index contributed by atoms with van der Waals surface area (Å²) in [6.45, 7) is 3.49. The predicted octanol–water partition coefficient (Wildman–Crippen LogP) is 3.54. The molecule has 26 heavy (non-hydrogen) atoms. The first-order valence-electron chi connectivity index (χ1n) is 7.72. The first-order chi connectivity index (χ1) is 12.4. The third kappa shape index (κ3) is 3.80. The maximum Gasteiger partial charge on any atom is 0.223 e. The summed E-state index contributed by atoms with van der Waals surface area (Å²) in [4.78, 5) is 9.47. The zero-order valence-corrected chi connectivity index (χ0v) is 14.1. The average molecular weight is 357 g/mol. The summed E-state index contributed by atoms with van der Waals surface area (Å²) < 4.78 is 18.4. The monoisotopic (exact) mass is 357 g/mol. The molecule has 134 valence electrons. The van der Waals surface area contributed by atoms with Gasteiger partial charge in [-0.15, -0.1) is 0 Å². The Bertz CT molecular complexity index is 946. The van der Waals surface area contributed by atoms with E-state index in [1.807, 2.05) is 24.3 Å². The molecule has 3 aromatic rings. The van der Waals surface area contributed by atoms with Gasteiger partial charge in [0.1, 0.15) is 6.61 Å². The Labute approximate surface area is 148 Å². The molecule has 0 radical (unpaired) electrons. The van der Waals surface area contributed by atoms with E-state index in [-0.39, 0.29) is 6.61 Å². The molecule has 0 saturated carbocycles. The second kappa shape index (κ2) is 7.22. The Morgan fingerprint density at radius 1 is 1.27 bits per heavy atom. The smallest absolute Gasteiger partial charge is 0.223 e. The zero-order valence-electron chi connectivity index (χ0n) is 14.1. The van der Waals surface area contributed by atoms with Crippen molar-refractivity contribution in [3.05, 3.63) is 59.2 Å². The van der Waals surface area contributed by atoms with Crippen LogP contribution in [0.4, 0.5) is 4.39 Å². The van der Waals surface area contributed by atoms with E-state index in [4.69, 9.17) is 9.36 Å². The molecule has 0 spiro atoms. The van der Waals surface area contributed by atoms with Crippen LogP contribution in [0.3, 0.4) is 0 Å². The second-order valence-corrected chi connectivity index (χ2v) is 5.61. The van der Waals surface area contributed by atoms with Crippen LogP contribution in [0.2, 0.25) is 0 Å². The summed E-state index contributed by atoms with van der Waals surface area (Å²) in [7, 11) is 0. The lowest BCUT2D eigenvalue weighted by Gasteiger charge is -2.06. The van der Waals surface area contributed by atoms with Gasteiger partial charge in [0.2, 0.25) is 11.7 Å². The minimum Gasteiger partial charge on any atom is -0.504 e. The highest BCUT2D eigenvalue weighted by molar-refractivity contribution is 5.98. The minimum absolute atomic E-state index is 0.175. The van der Waals surface area contributed by atoms with E-state index in [0.29, 0.717) is 23.0 Å². The molecule has 8 heteroatoms. The van der Waals surface area contributed by atoms with Gasteiger partial charge in [-0.05, 0) is 30.7 Å². The van der Waals surface area contributed by atoms with Crippen molar-refractivity contribution in [2.45, 2.75) is 20.5 Å². The van der Waals surface area contributed by atoms with Crippen molar-refractivity contribution in [1.82, 2.24) is 10.1 Å². The highest BCUT2D eigenvalue weighted by Crippen LogP contribution is 2.29. The van der Waals surface area contributed by atoms with E-state index in [9.17, 15) is 14.6 Å². The van der Waals surface area contributed by atoms with Crippen LogP contribution in [0.25, 0.3) is 11.4 Å². The predicted molar refractivity (Wildman–Crippen MR) is 91.2 cm³/mol. The number of halogens is 1. The fourth-order valence-electron chi connectivity index (χ4n) is 2.27. The average Bonchev–Trinajstić information content (AvgIpc) is 3.06. The fraction of sp³-hybridized carbons (Fsp3) is 0.167. The lowest BCUT2D eigenvalue weighted by Crippen LogP contribution is -1.98. The summed E-state index contributed by atoms with van der Waals surface area (Å²) in [6.07, 6.45) is 0. The molecule has 0 fully saturated rings. The highest BCUT2D eigenvalue weighted by Gasteiger charge is 2.11. The van der Waals surface area contributed by atoms with Crippen LogP contribution in [0.5, 0.6) is 11.5 Å². The summed E-state index contributed by atoms with van der Waals surface area (Å²) >= 11 is 0. The lowest BCUT2D eigenvalue weighted by atomic mass is 10.1. The molecule has 0 aliphatic rings. The largest absolute Gasteiger partial charge is 0.504 e. The third-order valence-corrected chi connectivity index (χ3v) is 3.61. The van der Waals surface area contributed by atoms with Crippen molar-refractivity contribution in [1.29, 1.82) is 0 Å². The van der Waals surface area contributed by atoms with E-state index in [1.54, 1.807) is 13.8 Å². The molecule has 2 N–H and O–H groups in total. The Kier molecular flexibility index (Phi) is 4.83. The molecule has 0 unspecified atom stereocenters. The number of rotatable bonds is 5. The van der Waals surface area contributed by atoms with Crippen molar-refractivity contribution in [3.63, 3.8) is 0 Å². The SMILES string of the molecule is CC(=NOCc1cccc(-c2noc(C)n2)c1)c1cc(O)c(O)c(F)c1. The third-order valence-electron chi connectivity index (χ3n) is 3.61. The number of aromatic hydroxyl groups is 2. The van der Waals surface area contributed by atoms with E-state index >= 15 is 0 Å². The van der Waals surface area contributed by atoms with Gasteiger partial charge >= 0.3 is 0 Å². The maximum atomic E-state index is 13.5. The van der Waals surface area contributed by atoms with Gasteiger partial charge in [0.15, 0.2) is 17.3 Å². The van der Waals surface area contributed by atoms with Crippen molar-refractivity contribution < 1.29 is 24.0 Å². The molecular formula is C18H16FN3O4. The summed E-state index contributed by atoms with van der Waals surface area (Å²) in [5, 5.41) is 26.5. The van der Waals surface area contributed by atoms with Gasteiger partial charge < -0.3 is 19.6 Å². The molecule has 2 aromatic carbocycles. The maximum absolute atomic E-state index is 13.5. The quantitative estimate of drug-likeness (QED) is 0.411. The van der Waals surface area contributed by atoms with Crippen molar-refractivity contribution in [2.24, 2.45) is 5.16 Å². The van der Waals surface area contributed by atoms with Gasteiger partial charge in [-0.1, -0.05) is 28.5 Å². The Morgan fingerprint density at radius 2 is 2.08 bits per heavy atom. The molecule has 1 heterocycles. The van der Waals surface area contributed by atoms with Gasteiger partial charge in [0.25, 0.3) is 0 Å². The normalized spacial score (nSPS) is 11.6. The Hall–Kier alpha value is -3.42. The van der Waals surface area contributed by atoms with Crippen LogP contribution in [0, 0.1) is 12.7 Å². The molecule has 0 aliphatic carbocycles. The molecule has 0 bridgehead atoms. The topological polar surface area (TPSA) is 101 Å². The number of benzene rings is 2. The summed E-state index contributed by atoms with van der Waals surface area (Å²) in [5.41, 5.74) is 2.27. The molecule has 0 atom stereocenters. The number of aromatic nitrogens is 2. The van der Waals surface area contributed by atoms with Crippen LogP contribution in [-0.4, -0.2) is 26.1 Å². The number of hydrogen-bond donors (Lipinski definition) is 2. The molecule has 3 rings (SSSR count). The first kappa shape index (κ1) is 17.4. The second-order valence-electron chi connectivity index (χ2n) is 5.61. The van der Waals surface area contributed by atoms with E-state index < -0.39 is 17.3 Å². The van der Waals surface area contributed by atoms with Crippen molar-refractivity contribution in [3.8, 4) is 22.9 Å². The Balaban J connectivity index is 1.70. The van der Waals surface area contributed by atoms with Gasteiger partial charge in [0, 0.05) is 18.1 Å². The highest BCUT2D eigenvalue weighted by atomic mass is 19.1. The first-order valence-corrected chi connectivity index (χ1v) is 7.72. The van der Waals surface area contributed by atoms with Crippen LogP contribution >= 0.6 is 0 Å². The number of aryl methyl sites for hydroxylation is 1. The fourth-order valence-corrected chi connectivity index (χ4v) is 2.27.